The summed E-state index contributed by atoms with van der Waals surface area (Å²) in [6.45, 7) is 2.43. The van der Waals surface area contributed by atoms with Crippen LogP contribution in [0.3, 0.4) is 0 Å². The van der Waals surface area contributed by atoms with Crippen LogP contribution in [0.5, 0.6) is 0 Å². The van der Waals surface area contributed by atoms with E-state index in [2.05, 4.69) is 16.0 Å². The molecule has 7 heteroatoms. The third kappa shape index (κ3) is 5.36. The van der Waals surface area contributed by atoms with E-state index in [1.165, 1.54) is 6.07 Å². The molecule has 0 unspecified atom stereocenters. The summed E-state index contributed by atoms with van der Waals surface area (Å²) in [7, 11) is 0. The average molecular weight is 424 g/mol. The summed E-state index contributed by atoms with van der Waals surface area (Å²) in [6, 6.07) is 17.9. The Balaban J connectivity index is 1.57. The quantitative estimate of drug-likeness (QED) is 0.536. The van der Waals surface area contributed by atoms with Crippen LogP contribution in [0.25, 0.3) is 10.8 Å². The van der Waals surface area contributed by atoms with Crippen LogP contribution in [0.15, 0.2) is 60.7 Å². The number of halogens is 1. The van der Waals surface area contributed by atoms with Crippen molar-refractivity contribution in [2.24, 2.45) is 0 Å². The van der Waals surface area contributed by atoms with Crippen molar-refractivity contribution >= 4 is 45.8 Å². The van der Waals surface area contributed by atoms with Crippen LogP contribution in [0.1, 0.15) is 34.1 Å². The predicted octanol–water partition coefficient (Wildman–Crippen LogP) is 4.00. The molecule has 3 rings (SSSR count). The minimum absolute atomic E-state index is 0.0663. The molecule has 6 nitrogen and oxygen atoms in total. The Kier molecular flexibility index (Phi) is 7.03. The third-order valence-electron chi connectivity index (χ3n) is 4.49. The molecule has 3 aromatic carbocycles. The van der Waals surface area contributed by atoms with Gasteiger partial charge in [0, 0.05) is 30.1 Å². The fourth-order valence-electron chi connectivity index (χ4n) is 3.00. The maximum atomic E-state index is 12.4. The molecule has 0 aromatic heterocycles. The topological polar surface area (TPSA) is 87.3 Å². The fourth-order valence-corrected chi connectivity index (χ4v) is 3.18. The minimum atomic E-state index is -0.320. The second-order valence-corrected chi connectivity index (χ2v) is 7.10. The van der Waals surface area contributed by atoms with Gasteiger partial charge in [-0.1, -0.05) is 41.9 Å². The van der Waals surface area contributed by atoms with Crippen molar-refractivity contribution in [2.45, 2.75) is 13.3 Å². The first-order chi connectivity index (χ1) is 14.5. The molecule has 0 aliphatic rings. The molecule has 0 atom stereocenters. The zero-order valence-electron chi connectivity index (χ0n) is 16.5. The molecule has 0 radical (unpaired) electrons. The van der Waals surface area contributed by atoms with Crippen molar-refractivity contribution in [2.75, 3.05) is 18.4 Å². The van der Waals surface area contributed by atoms with Crippen LogP contribution < -0.4 is 16.0 Å². The van der Waals surface area contributed by atoms with Crippen LogP contribution in [-0.4, -0.2) is 30.8 Å². The van der Waals surface area contributed by atoms with E-state index in [0.29, 0.717) is 22.8 Å². The normalized spacial score (nSPS) is 10.5. The third-order valence-corrected chi connectivity index (χ3v) is 4.72. The molecular formula is C23H22ClN3O3. The Labute approximate surface area is 179 Å². The molecule has 0 saturated heterocycles. The predicted molar refractivity (Wildman–Crippen MR) is 119 cm³/mol. The Hall–Kier alpha value is -3.38. The molecule has 0 fully saturated rings. The Morgan fingerprint density at radius 1 is 0.867 bits per heavy atom. The van der Waals surface area contributed by atoms with Gasteiger partial charge in [-0.25, -0.2) is 0 Å². The summed E-state index contributed by atoms with van der Waals surface area (Å²) < 4.78 is 0. The summed E-state index contributed by atoms with van der Waals surface area (Å²) in [4.78, 5) is 36.8. The molecule has 0 bridgehead atoms. The van der Waals surface area contributed by atoms with Gasteiger partial charge in [0.1, 0.15) is 0 Å². The minimum Gasteiger partial charge on any atom is -0.352 e. The van der Waals surface area contributed by atoms with E-state index in [4.69, 9.17) is 11.6 Å². The molecule has 3 amide bonds. The summed E-state index contributed by atoms with van der Waals surface area (Å²) in [5, 5.41) is 10.6. The number of nitrogens with one attached hydrogen (secondary N) is 3. The Bertz CT molecular complexity index is 1100. The number of hydrogen-bond acceptors (Lipinski definition) is 3. The zero-order chi connectivity index (χ0) is 21.5. The van der Waals surface area contributed by atoms with Crippen molar-refractivity contribution in [1.29, 1.82) is 0 Å². The molecule has 0 aliphatic heterocycles. The maximum Gasteiger partial charge on any atom is 0.253 e. The van der Waals surface area contributed by atoms with Gasteiger partial charge in [0.15, 0.2) is 0 Å². The van der Waals surface area contributed by atoms with E-state index >= 15 is 0 Å². The zero-order valence-corrected chi connectivity index (χ0v) is 17.3. The molecule has 0 aliphatic carbocycles. The van der Waals surface area contributed by atoms with E-state index in [0.717, 1.165) is 10.8 Å². The van der Waals surface area contributed by atoms with Gasteiger partial charge in [-0.3, -0.25) is 14.4 Å². The summed E-state index contributed by atoms with van der Waals surface area (Å²) >= 11 is 5.97. The SMILES string of the molecule is CCNC(=O)c1cc(Cl)ccc1NC(=O)CCNC(=O)c1ccc2ccccc2c1. The first-order valence-electron chi connectivity index (χ1n) is 9.62. The fraction of sp³-hybridized carbons (Fsp3) is 0.174. The van der Waals surface area contributed by atoms with Crippen LogP contribution in [-0.2, 0) is 4.79 Å². The number of benzene rings is 3. The first kappa shape index (κ1) is 21.3. The maximum absolute atomic E-state index is 12.4. The number of fused-ring (bicyclic) bond motifs is 1. The second-order valence-electron chi connectivity index (χ2n) is 6.67. The van der Waals surface area contributed by atoms with Gasteiger partial charge in [-0.05, 0) is 48.0 Å². The lowest BCUT2D eigenvalue weighted by atomic mass is 10.1. The van der Waals surface area contributed by atoms with E-state index in [1.54, 1.807) is 25.1 Å². The largest absolute Gasteiger partial charge is 0.352 e. The van der Waals surface area contributed by atoms with Gasteiger partial charge in [0.25, 0.3) is 11.8 Å². The van der Waals surface area contributed by atoms with E-state index < -0.39 is 0 Å². The van der Waals surface area contributed by atoms with Crippen LogP contribution in [0, 0.1) is 0 Å². The van der Waals surface area contributed by atoms with Gasteiger partial charge in [0.05, 0.1) is 11.3 Å². The van der Waals surface area contributed by atoms with Gasteiger partial charge >= 0.3 is 0 Å². The van der Waals surface area contributed by atoms with Gasteiger partial charge in [-0.2, -0.15) is 0 Å². The lowest BCUT2D eigenvalue weighted by molar-refractivity contribution is -0.116. The summed E-state index contributed by atoms with van der Waals surface area (Å²) in [6.07, 6.45) is 0.0663. The van der Waals surface area contributed by atoms with Crippen LogP contribution in [0.4, 0.5) is 5.69 Å². The van der Waals surface area contributed by atoms with Gasteiger partial charge < -0.3 is 16.0 Å². The Morgan fingerprint density at radius 3 is 2.40 bits per heavy atom. The molecule has 0 heterocycles. The number of hydrogen-bond donors (Lipinski definition) is 3. The van der Waals surface area contributed by atoms with Crippen molar-refractivity contribution in [3.05, 3.63) is 76.8 Å². The first-order valence-corrected chi connectivity index (χ1v) is 10.0. The highest BCUT2D eigenvalue weighted by molar-refractivity contribution is 6.31. The summed E-state index contributed by atoms with van der Waals surface area (Å²) in [5.74, 6) is -0.885. The van der Waals surface area contributed by atoms with E-state index in [-0.39, 0.29) is 36.3 Å². The Morgan fingerprint density at radius 2 is 1.63 bits per heavy atom. The smallest absolute Gasteiger partial charge is 0.253 e. The van der Waals surface area contributed by atoms with Crippen LogP contribution in [0.2, 0.25) is 5.02 Å². The second kappa shape index (κ2) is 9.89. The highest BCUT2D eigenvalue weighted by Gasteiger charge is 2.14. The number of amides is 3. The monoisotopic (exact) mass is 423 g/mol. The number of rotatable bonds is 7. The van der Waals surface area contributed by atoms with Crippen molar-refractivity contribution in [1.82, 2.24) is 10.6 Å². The molecule has 154 valence electrons. The molecule has 0 saturated carbocycles. The summed E-state index contributed by atoms with van der Waals surface area (Å²) in [5.41, 5.74) is 1.19. The van der Waals surface area contributed by atoms with E-state index in [9.17, 15) is 14.4 Å². The standard InChI is InChI=1S/C23H22ClN3O3/c1-2-25-23(30)19-14-18(24)9-10-20(19)27-21(28)11-12-26-22(29)17-8-7-15-5-3-4-6-16(15)13-17/h3-10,13-14H,2,11-12H2,1H3,(H,25,30)(H,26,29)(H,27,28). The van der Waals surface area contributed by atoms with Gasteiger partial charge in [-0.15, -0.1) is 0 Å². The average Bonchev–Trinajstić information content (AvgIpc) is 2.74. The lowest BCUT2D eigenvalue weighted by Crippen LogP contribution is -2.28. The molecule has 3 aromatic rings. The highest BCUT2D eigenvalue weighted by atomic mass is 35.5. The van der Waals surface area contributed by atoms with Crippen molar-refractivity contribution < 1.29 is 14.4 Å². The highest BCUT2D eigenvalue weighted by Crippen LogP contribution is 2.21. The molecular weight excluding hydrogens is 402 g/mol. The molecule has 0 spiro atoms. The van der Waals surface area contributed by atoms with E-state index in [1.807, 2.05) is 36.4 Å². The molecule has 30 heavy (non-hydrogen) atoms. The lowest BCUT2D eigenvalue weighted by Gasteiger charge is -2.12. The number of anilines is 1. The molecule has 3 N–H and O–H groups in total. The van der Waals surface area contributed by atoms with Gasteiger partial charge in [0.2, 0.25) is 5.91 Å². The van der Waals surface area contributed by atoms with Crippen LogP contribution >= 0.6 is 11.6 Å². The van der Waals surface area contributed by atoms with Crippen molar-refractivity contribution in [3.63, 3.8) is 0 Å². The van der Waals surface area contributed by atoms with Crippen molar-refractivity contribution in [3.8, 4) is 0 Å². The number of carbonyl (C=O) groups is 3. The number of carbonyl (C=O) groups excluding carboxylic acids is 3.